The van der Waals surface area contributed by atoms with Crippen LogP contribution < -0.4 is 4.90 Å². The number of aldehydes is 1. The van der Waals surface area contributed by atoms with Crippen molar-refractivity contribution >= 4 is 18.1 Å². The molecule has 1 atom stereocenters. The van der Waals surface area contributed by atoms with Gasteiger partial charge in [-0.2, -0.15) is 0 Å². The minimum atomic E-state index is -1.06. The number of carbonyl (C=O) groups is 2. The highest BCUT2D eigenvalue weighted by atomic mass is 16.6. The lowest BCUT2D eigenvalue weighted by molar-refractivity contribution is -0.117. The summed E-state index contributed by atoms with van der Waals surface area (Å²) in [5.41, 5.74) is 1.53. The third-order valence-electron chi connectivity index (χ3n) is 4.39. The minimum Gasteiger partial charge on any atom is -0.444 e. The fraction of sp³-hybridized carbons (Fsp3) is 0.556. The Morgan fingerprint density at radius 2 is 1.96 bits per heavy atom. The predicted octanol–water partition coefficient (Wildman–Crippen LogP) is 2.96. The number of carbonyl (C=O) groups excluding carboxylic acids is 2. The Kier molecular flexibility index (Phi) is 4.42. The lowest BCUT2D eigenvalue weighted by atomic mass is 9.90. The fourth-order valence-electron chi connectivity index (χ4n) is 2.74. The lowest BCUT2D eigenvalue weighted by Gasteiger charge is -2.36. The van der Waals surface area contributed by atoms with Crippen LogP contribution in [0.15, 0.2) is 18.2 Å². The molecule has 5 heteroatoms. The highest BCUT2D eigenvalue weighted by Crippen LogP contribution is 2.33. The average molecular weight is 318 g/mol. The average Bonchev–Trinajstić information content (AvgIpc) is 2.84. The van der Waals surface area contributed by atoms with Crippen LogP contribution in [0.3, 0.4) is 0 Å². The molecule has 0 aliphatic carbocycles. The van der Waals surface area contributed by atoms with Crippen molar-refractivity contribution < 1.29 is 14.3 Å². The Morgan fingerprint density at radius 1 is 1.30 bits per heavy atom. The number of benzene rings is 1. The van der Waals surface area contributed by atoms with Crippen LogP contribution >= 0.6 is 0 Å². The summed E-state index contributed by atoms with van der Waals surface area (Å²) in [4.78, 5) is 27.8. The fourth-order valence-corrected chi connectivity index (χ4v) is 2.74. The number of anilines is 1. The zero-order chi connectivity index (χ0) is 17.4. The molecule has 1 aliphatic rings. The topological polar surface area (TPSA) is 49.9 Å². The first-order valence-electron chi connectivity index (χ1n) is 7.86. The molecule has 1 aromatic carbocycles. The molecule has 5 nitrogen and oxygen atoms in total. The first-order valence-corrected chi connectivity index (χ1v) is 7.86. The molecule has 0 fully saturated rings. The third-order valence-corrected chi connectivity index (χ3v) is 4.39. The number of nitrogens with zero attached hydrogens (tertiary/aromatic N) is 2. The van der Waals surface area contributed by atoms with Gasteiger partial charge in [0.15, 0.2) is 0 Å². The molecule has 23 heavy (non-hydrogen) atoms. The Morgan fingerprint density at radius 3 is 2.52 bits per heavy atom. The van der Waals surface area contributed by atoms with Crippen molar-refractivity contribution in [2.24, 2.45) is 0 Å². The van der Waals surface area contributed by atoms with E-state index in [2.05, 4.69) is 11.9 Å². The monoisotopic (exact) mass is 318 g/mol. The quantitative estimate of drug-likeness (QED) is 0.804. The molecular weight excluding hydrogens is 292 g/mol. The second-order valence-corrected chi connectivity index (χ2v) is 7.32. The van der Waals surface area contributed by atoms with Gasteiger partial charge in [0.1, 0.15) is 17.4 Å². The van der Waals surface area contributed by atoms with E-state index in [0.29, 0.717) is 0 Å². The van der Waals surface area contributed by atoms with Crippen molar-refractivity contribution in [2.45, 2.75) is 45.3 Å². The molecule has 0 radical (unpaired) electrons. The summed E-state index contributed by atoms with van der Waals surface area (Å²) in [7, 11) is 3.65. The summed E-state index contributed by atoms with van der Waals surface area (Å²) >= 11 is 0. The largest absolute Gasteiger partial charge is 0.444 e. The number of hydrogen-bond donors (Lipinski definition) is 0. The van der Waals surface area contributed by atoms with E-state index >= 15 is 0 Å². The zero-order valence-corrected chi connectivity index (χ0v) is 14.8. The molecule has 1 aromatic rings. The molecule has 1 unspecified atom stereocenters. The maximum Gasteiger partial charge on any atom is 0.411 e. The lowest BCUT2D eigenvalue weighted by Crippen LogP contribution is -2.48. The number of hydrogen-bond acceptors (Lipinski definition) is 4. The van der Waals surface area contributed by atoms with Gasteiger partial charge < -0.3 is 14.4 Å². The van der Waals surface area contributed by atoms with Crippen molar-refractivity contribution in [2.75, 3.05) is 25.5 Å². The normalized spacial score (nSPS) is 16.5. The maximum atomic E-state index is 12.4. The standard InChI is InChI=1S/C18H26N2O3/c1-17(2,3)23-16(22)20(6)18(4,12-21)14-7-8-15-13(11-14)9-10-19(15)5/h7-8,11-12H,9-10H2,1-6H3. The van der Waals surface area contributed by atoms with Crippen LogP contribution in [0.5, 0.6) is 0 Å². The summed E-state index contributed by atoms with van der Waals surface area (Å²) in [6.45, 7) is 8.13. The van der Waals surface area contributed by atoms with Crippen molar-refractivity contribution in [3.05, 3.63) is 29.3 Å². The van der Waals surface area contributed by atoms with Gasteiger partial charge in [-0.05, 0) is 51.3 Å². The summed E-state index contributed by atoms with van der Waals surface area (Å²) in [6.07, 6.45) is 1.24. The molecular formula is C18H26N2O3. The van der Waals surface area contributed by atoms with Crippen molar-refractivity contribution in [3.8, 4) is 0 Å². The zero-order valence-electron chi connectivity index (χ0n) is 14.8. The SMILES string of the molecule is CN1CCc2cc(C(C)(C=O)N(C)C(=O)OC(C)(C)C)ccc21. The van der Waals surface area contributed by atoms with Crippen LogP contribution in [0.1, 0.15) is 38.8 Å². The van der Waals surface area contributed by atoms with E-state index in [9.17, 15) is 9.59 Å². The van der Waals surface area contributed by atoms with E-state index in [1.807, 2.05) is 39.0 Å². The van der Waals surface area contributed by atoms with Crippen LogP contribution in [0.2, 0.25) is 0 Å². The predicted molar refractivity (Wildman–Crippen MR) is 90.8 cm³/mol. The number of likely N-dealkylation sites (N-methyl/N-ethyl adjacent to an activating group) is 2. The molecule has 0 saturated heterocycles. The molecule has 0 saturated carbocycles. The number of amides is 1. The second kappa shape index (κ2) is 5.87. The summed E-state index contributed by atoms with van der Waals surface area (Å²) in [5, 5.41) is 0. The van der Waals surface area contributed by atoms with Gasteiger partial charge in [-0.25, -0.2) is 4.79 Å². The molecule has 126 valence electrons. The Labute approximate surface area is 138 Å². The van der Waals surface area contributed by atoms with Gasteiger partial charge in [-0.1, -0.05) is 12.1 Å². The molecule has 0 aromatic heterocycles. The molecule has 1 heterocycles. The second-order valence-electron chi connectivity index (χ2n) is 7.32. The van der Waals surface area contributed by atoms with Gasteiger partial charge in [-0.3, -0.25) is 4.90 Å². The van der Waals surface area contributed by atoms with E-state index < -0.39 is 17.2 Å². The minimum absolute atomic E-state index is 0.510. The maximum absolute atomic E-state index is 12.4. The number of ether oxygens (including phenoxy) is 1. The summed E-state index contributed by atoms with van der Waals surface area (Å²) < 4.78 is 5.40. The van der Waals surface area contributed by atoms with Gasteiger partial charge in [0.2, 0.25) is 0 Å². The van der Waals surface area contributed by atoms with E-state index in [1.54, 1.807) is 14.0 Å². The Balaban J connectivity index is 2.33. The van der Waals surface area contributed by atoms with Gasteiger partial charge >= 0.3 is 6.09 Å². The first kappa shape index (κ1) is 17.3. The summed E-state index contributed by atoms with van der Waals surface area (Å²) in [6, 6.07) is 5.95. The van der Waals surface area contributed by atoms with Crippen LogP contribution in [0.4, 0.5) is 10.5 Å². The molecule has 0 bridgehead atoms. The van der Waals surface area contributed by atoms with Crippen molar-refractivity contribution in [1.82, 2.24) is 4.90 Å². The molecule has 0 N–H and O–H groups in total. The Hall–Kier alpha value is -2.04. The van der Waals surface area contributed by atoms with Gasteiger partial charge in [0, 0.05) is 26.3 Å². The van der Waals surface area contributed by atoms with E-state index in [1.165, 1.54) is 16.2 Å². The van der Waals surface area contributed by atoms with Crippen molar-refractivity contribution in [1.29, 1.82) is 0 Å². The van der Waals surface area contributed by atoms with E-state index in [0.717, 1.165) is 24.8 Å². The van der Waals surface area contributed by atoms with E-state index in [4.69, 9.17) is 4.74 Å². The number of fused-ring (bicyclic) bond motifs is 1. The summed E-state index contributed by atoms with van der Waals surface area (Å²) in [5.74, 6) is 0. The highest BCUT2D eigenvalue weighted by Gasteiger charge is 2.37. The third kappa shape index (κ3) is 3.33. The van der Waals surface area contributed by atoms with Crippen LogP contribution in [-0.2, 0) is 21.5 Å². The van der Waals surface area contributed by atoms with Crippen molar-refractivity contribution in [3.63, 3.8) is 0 Å². The molecule has 1 aliphatic heterocycles. The molecule has 0 spiro atoms. The van der Waals surface area contributed by atoms with Gasteiger partial charge in [0.25, 0.3) is 0 Å². The van der Waals surface area contributed by atoms with Crippen LogP contribution in [-0.4, -0.2) is 43.5 Å². The van der Waals surface area contributed by atoms with Gasteiger partial charge in [-0.15, -0.1) is 0 Å². The van der Waals surface area contributed by atoms with E-state index in [-0.39, 0.29) is 0 Å². The smallest absolute Gasteiger partial charge is 0.411 e. The van der Waals surface area contributed by atoms with Gasteiger partial charge in [0.05, 0.1) is 0 Å². The first-order chi connectivity index (χ1) is 10.6. The molecule has 2 rings (SSSR count). The van der Waals surface area contributed by atoms with Crippen LogP contribution in [0.25, 0.3) is 0 Å². The Bertz CT molecular complexity index is 621. The molecule has 1 amide bonds. The highest BCUT2D eigenvalue weighted by molar-refractivity contribution is 5.78. The number of rotatable bonds is 3. The van der Waals surface area contributed by atoms with Crippen LogP contribution in [0, 0.1) is 0 Å².